The van der Waals surface area contributed by atoms with Gasteiger partial charge in [-0.2, -0.15) is 0 Å². The zero-order valence-electron chi connectivity index (χ0n) is 13.1. The quantitative estimate of drug-likeness (QED) is 0.385. The Morgan fingerprint density at radius 3 is 2.74 bits per heavy atom. The number of esters is 1. The molecule has 0 N–H and O–H groups in total. The van der Waals surface area contributed by atoms with E-state index in [-0.39, 0.29) is 0 Å². The van der Waals surface area contributed by atoms with Crippen molar-refractivity contribution in [1.29, 1.82) is 0 Å². The number of carbonyl (C=O) groups excluding carboxylic acids is 1. The van der Waals surface area contributed by atoms with Crippen LogP contribution >= 0.6 is 11.3 Å². The topological polar surface area (TPSA) is 39.2 Å². The first-order valence-electron chi connectivity index (χ1n) is 7.45. The number of hydrogen-bond donors (Lipinski definition) is 0. The maximum absolute atomic E-state index is 11.7. The second-order valence-electron chi connectivity index (χ2n) is 5.33. The minimum atomic E-state index is -0.403. The Kier molecular flexibility index (Phi) is 4.26. The minimum Gasteiger partial charge on any atom is -0.423 e. The highest BCUT2D eigenvalue weighted by Crippen LogP contribution is 2.34. The fourth-order valence-electron chi connectivity index (χ4n) is 2.32. The molecule has 0 radical (unpaired) electrons. The molecule has 1 aromatic heterocycles. The van der Waals surface area contributed by atoms with Crippen molar-refractivity contribution in [2.45, 2.75) is 20.3 Å². The summed E-state index contributed by atoms with van der Waals surface area (Å²) in [6.07, 6.45) is 0.837. The molecule has 0 unspecified atom stereocenters. The maximum Gasteiger partial charge on any atom is 0.338 e. The van der Waals surface area contributed by atoms with Crippen LogP contribution in [0.5, 0.6) is 5.75 Å². The van der Waals surface area contributed by atoms with Crippen molar-refractivity contribution < 1.29 is 9.53 Å². The lowest BCUT2D eigenvalue weighted by molar-refractivity contribution is -0.130. The van der Waals surface area contributed by atoms with Crippen molar-refractivity contribution in [1.82, 2.24) is 4.98 Å². The molecule has 0 aliphatic rings. The molecule has 4 heteroatoms. The van der Waals surface area contributed by atoms with Gasteiger partial charge in [0.1, 0.15) is 10.8 Å². The molecule has 1 heterocycles. The molecule has 0 aliphatic heterocycles. The molecule has 0 spiro atoms. The number of para-hydroxylation sites is 1. The lowest BCUT2D eigenvalue weighted by Crippen LogP contribution is -2.08. The summed E-state index contributed by atoms with van der Waals surface area (Å²) < 4.78 is 6.48. The molecule has 0 amide bonds. The summed E-state index contributed by atoms with van der Waals surface area (Å²) >= 11 is 1.67. The fraction of sp³-hybridized carbons (Fsp3) is 0.158. The normalized spacial score (nSPS) is 10.7. The predicted molar refractivity (Wildman–Crippen MR) is 94.9 cm³/mol. The van der Waals surface area contributed by atoms with E-state index in [2.05, 4.69) is 19.6 Å². The van der Waals surface area contributed by atoms with Gasteiger partial charge in [0.15, 0.2) is 0 Å². The first-order chi connectivity index (χ1) is 11.1. The molecule has 23 heavy (non-hydrogen) atoms. The van der Waals surface area contributed by atoms with Crippen LogP contribution in [0.4, 0.5) is 0 Å². The van der Waals surface area contributed by atoms with Crippen LogP contribution in [0, 0.1) is 0 Å². The molecule has 0 saturated carbocycles. The van der Waals surface area contributed by atoms with Gasteiger partial charge >= 0.3 is 5.97 Å². The number of fused-ring (bicyclic) bond motifs is 1. The summed E-state index contributed by atoms with van der Waals surface area (Å²) in [7, 11) is 0. The highest BCUT2D eigenvalue weighted by molar-refractivity contribution is 7.21. The monoisotopic (exact) mass is 323 g/mol. The zero-order chi connectivity index (χ0) is 16.4. The maximum atomic E-state index is 11.7. The van der Waals surface area contributed by atoms with Gasteiger partial charge in [-0.15, -0.1) is 11.3 Å². The number of aryl methyl sites for hydroxylation is 1. The molecule has 3 rings (SSSR count). The van der Waals surface area contributed by atoms with E-state index in [1.54, 1.807) is 24.3 Å². The SMILES string of the molecule is C=C(C)C(=O)Oc1ccc(-c2nc3ccccc3s2)c(CC)c1. The van der Waals surface area contributed by atoms with Crippen molar-refractivity contribution in [2.75, 3.05) is 0 Å². The van der Waals surface area contributed by atoms with Crippen molar-refractivity contribution in [3.8, 4) is 16.3 Å². The van der Waals surface area contributed by atoms with E-state index < -0.39 is 5.97 Å². The summed E-state index contributed by atoms with van der Waals surface area (Å²) in [5, 5.41) is 0.987. The van der Waals surface area contributed by atoms with E-state index in [1.807, 2.05) is 30.3 Å². The number of carbonyl (C=O) groups is 1. The molecule has 2 aromatic carbocycles. The highest BCUT2D eigenvalue weighted by Gasteiger charge is 2.12. The smallest absolute Gasteiger partial charge is 0.338 e. The number of benzene rings is 2. The van der Waals surface area contributed by atoms with E-state index in [4.69, 9.17) is 9.72 Å². The van der Waals surface area contributed by atoms with Crippen LogP contribution in [-0.4, -0.2) is 11.0 Å². The summed E-state index contributed by atoms with van der Waals surface area (Å²) in [5.41, 5.74) is 3.59. The van der Waals surface area contributed by atoms with Gasteiger partial charge in [0.25, 0.3) is 0 Å². The number of rotatable bonds is 4. The summed E-state index contributed by atoms with van der Waals surface area (Å²) in [4.78, 5) is 16.4. The molecule has 3 aromatic rings. The van der Waals surface area contributed by atoms with Crippen LogP contribution in [-0.2, 0) is 11.2 Å². The highest BCUT2D eigenvalue weighted by atomic mass is 32.1. The van der Waals surface area contributed by atoms with Crippen molar-refractivity contribution in [2.24, 2.45) is 0 Å². The Bertz CT molecular complexity index is 862. The third kappa shape index (κ3) is 3.17. The minimum absolute atomic E-state index is 0.387. The molecule has 0 atom stereocenters. The largest absolute Gasteiger partial charge is 0.423 e. The Hall–Kier alpha value is -2.46. The second-order valence-corrected chi connectivity index (χ2v) is 6.36. The van der Waals surface area contributed by atoms with Gasteiger partial charge in [-0.05, 0) is 49.2 Å². The van der Waals surface area contributed by atoms with Gasteiger partial charge < -0.3 is 4.74 Å². The van der Waals surface area contributed by atoms with Gasteiger partial charge in [-0.25, -0.2) is 9.78 Å². The van der Waals surface area contributed by atoms with E-state index in [0.29, 0.717) is 11.3 Å². The summed E-state index contributed by atoms with van der Waals surface area (Å²) in [6.45, 7) is 7.32. The number of nitrogens with zero attached hydrogens (tertiary/aromatic N) is 1. The van der Waals surface area contributed by atoms with E-state index in [0.717, 1.165) is 28.1 Å². The van der Waals surface area contributed by atoms with Crippen LogP contribution in [0.2, 0.25) is 0 Å². The average molecular weight is 323 g/mol. The lowest BCUT2D eigenvalue weighted by atomic mass is 10.1. The molecule has 0 bridgehead atoms. The Morgan fingerprint density at radius 1 is 1.26 bits per heavy atom. The molecular formula is C19H17NO2S. The number of hydrogen-bond acceptors (Lipinski definition) is 4. The average Bonchev–Trinajstić information content (AvgIpc) is 2.98. The Balaban J connectivity index is 1.99. The number of thiazole rings is 1. The van der Waals surface area contributed by atoms with Gasteiger partial charge in [0, 0.05) is 11.1 Å². The third-order valence-corrected chi connectivity index (χ3v) is 4.61. The zero-order valence-corrected chi connectivity index (χ0v) is 13.9. The van der Waals surface area contributed by atoms with Gasteiger partial charge in [-0.3, -0.25) is 0 Å². The van der Waals surface area contributed by atoms with Crippen LogP contribution in [0.3, 0.4) is 0 Å². The summed E-state index contributed by atoms with van der Waals surface area (Å²) in [5.74, 6) is 0.138. The Labute approximate surface area is 139 Å². The van der Waals surface area contributed by atoms with E-state index in [9.17, 15) is 4.79 Å². The standard InChI is InChI=1S/C19H17NO2S/c1-4-13-11-14(22-19(21)12(2)3)9-10-15(13)18-20-16-7-5-6-8-17(16)23-18/h5-11H,2,4H2,1,3H3. The van der Waals surface area contributed by atoms with Crippen LogP contribution < -0.4 is 4.74 Å². The molecule has 0 saturated heterocycles. The second kappa shape index (κ2) is 6.34. The predicted octanol–water partition coefficient (Wildman–Crippen LogP) is 5.01. The van der Waals surface area contributed by atoms with Gasteiger partial charge in [0.05, 0.1) is 10.2 Å². The van der Waals surface area contributed by atoms with Crippen molar-refractivity contribution >= 4 is 27.5 Å². The Morgan fingerprint density at radius 2 is 2.04 bits per heavy atom. The molecule has 0 aliphatic carbocycles. The van der Waals surface area contributed by atoms with Crippen LogP contribution in [0.1, 0.15) is 19.4 Å². The van der Waals surface area contributed by atoms with Gasteiger partial charge in [0.2, 0.25) is 0 Å². The molecule has 3 nitrogen and oxygen atoms in total. The third-order valence-electron chi connectivity index (χ3n) is 3.54. The molecule has 116 valence electrons. The van der Waals surface area contributed by atoms with Gasteiger partial charge in [-0.1, -0.05) is 25.6 Å². The summed E-state index contributed by atoms with van der Waals surface area (Å²) in [6, 6.07) is 13.8. The fourth-order valence-corrected chi connectivity index (χ4v) is 3.34. The van der Waals surface area contributed by atoms with E-state index in [1.165, 1.54) is 4.70 Å². The number of ether oxygens (including phenoxy) is 1. The molecule has 0 fully saturated rings. The first kappa shape index (κ1) is 15.4. The number of aromatic nitrogens is 1. The first-order valence-corrected chi connectivity index (χ1v) is 8.26. The van der Waals surface area contributed by atoms with Crippen LogP contribution in [0.25, 0.3) is 20.8 Å². The van der Waals surface area contributed by atoms with E-state index >= 15 is 0 Å². The lowest BCUT2D eigenvalue weighted by Gasteiger charge is -2.09. The van der Waals surface area contributed by atoms with Crippen molar-refractivity contribution in [3.05, 3.63) is 60.2 Å². The van der Waals surface area contributed by atoms with Crippen molar-refractivity contribution in [3.63, 3.8) is 0 Å². The molecular weight excluding hydrogens is 306 g/mol. The van der Waals surface area contributed by atoms with Crippen LogP contribution in [0.15, 0.2) is 54.6 Å².